The van der Waals surface area contributed by atoms with Gasteiger partial charge in [0.1, 0.15) is 11.4 Å². The van der Waals surface area contributed by atoms with Crippen LogP contribution in [0.5, 0.6) is 0 Å². The van der Waals surface area contributed by atoms with Crippen LogP contribution in [0.3, 0.4) is 0 Å². The van der Waals surface area contributed by atoms with Crippen molar-refractivity contribution >= 4 is 34.5 Å². The Labute approximate surface area is 115 Å². The number of halogens is 1. The minimum Gasteiger partial charge on any atom is -0.444 e. The number of pyridine rings is 1. The molecule has 1 rings (SSSR count). The van der Waals surface area contributed by atoms with Crippen LogP contribution in [0.25, 0.3) is 0 Å². The molecule has 1 aromatic heterocycles. The lowest BCUT2D eigenvalue weighted by atomic mass is 10.2. The van der Waals surface area contributed by atoms with Gasteiger partial charge in [-0.15, -0.1) is 0 Å². The first kappa shape index (κ1) is 14.2. The van der Waals surface area contributed by atoms with E-state index in [4.69, 9.17) is 4.74 Å². The SMILES string of the molecule is CC(C)(C)OC(=O)Nc1cccc(CCI)n1. The van der Waals surface area contributed by atoms with Crippen LogP contribution in [0, 0.1) is 0 Å². The highest BCUT2D eigenvalue weighted by Crippen LogP contribution is 2.11. The average molecular weight is 348 g/mol. The third-order valence-electron chi connectivity index (χ3n) is 1.79. The molecule has 1 heterocycles. The Bertz CT molecular complexity index is 388. The lowest BCUT2D eigenvalue weighted by Crippen LogP contribution is -2.27. The number of carbonyl (C=O) groups excluding carboxylic acids is 1. The number of rotatable bonds is 3. The second-order valence-electron chi connectivity index (χ2n) is 4.58. The summed E-state index contributed by atoms with van der Waals surface area (Å²) >= 11 is 2.29. The molecule has 1 aromatic rings. The summed E-state index contributed by atoms with van der Waals surface area (Å²) in [6, 6.07) is 5.57. The number of hydrogen-bond donors (Lipinski definition) is 1. The van der Waals surface area contributed by atoms with Gasteiger partial charge in [-0.3, -0.25) is 5.32 Å². The minimum atomic E-state index is -0.496. The summed E-state index contributed by atoms with van der Waals surface area (Å²) in [5.41, 5.74) is 0.470. The van der Waals surface area contributed by atoms with Crippen LogP contribution in [0.2, 0.25) is 0 Å². The fraction of sp³-hybridized carbons (Fsp3) is 0.500. The molecule has 0 unspecified atom stereocenters. The number of amides is 1. The largest absolute Gasteiger partial charge is 0.444 e. The second kappa shape index (κ2) is 6.18. The molecule has 0 radical (unpaired) electrons. The monoisotopic (exact) mass is 348 g/mol. The molecule has 5 heteroatoms. The minimum absolute atomic E-state index is 0.475. The fourth-order valence-electron chi connectivity index (χ4n) is 1.19. The van der Waals surface area contributed by atoms with Gasteiger partial charge in [0.15, 0.2) is 0 Å². The van der Waals surface area contributed by atoms with Crippen LogP contribution in [-0.2, 0) is 11.2 Å². The summed E-state index contributed by atoms with van der Waals surface area (Å²) in [5.74, 6) is 0.529. The molecular weight excluding hydrogens is 331 g/mol. The van der Waals surface area contributed by atoms with Crippen LogP contribution in [0.1, 0.15) is 26.5 Å². The first-order valence-electron chi connectivity index (χ1n) is 5.42. The highest BCUT2D eigenvalue weighted by molar-refractivity contribution is 14.1. The highest BCUT2D eigenvalue weighted by Gasteiger charge is 2.16. The zero-order valence-electron chi connectivity index (χ0n) is 10.3. The maximum atomic E-state index is 11.5. The molecule has 0 aromatic carbocycles. The Morgan fingerprint density at radius 3 is 2.76 bits per heavy atom. The van der Waals surface area contributed by atoms with Crippen molar-refractivity contribution in [2.45, 2.75) is 32.8 Å². The number of hydrogen-bond acceptors (Lipinski definition) is 3. The van der Waals surface area contributed by atoms with Crippen LogP contribution >= 0.6 is 22.6 Å². The summed E-state index contributed by atoms with van der Waals surface area (Å²) < 4.78 is 6.15. The molecule has 0 saturated heterocycles. The lowest BCUT2D eigenvalue weighted by molar-refractivity contribution is 0.0635. The number of nitrogens with one attached hydrogen (secondary N) is 1. The van der Waals surface area contributed by atoms with Crippen molar-refractivity contribution in [3.05, 3.63) is 23.9 Å². The Balaban J connectivity index is 2.62. The van der Waals surface area contributed by atoms with Crippen molar-refractivity contribution in [1.29, 1.82) is 0 Å². The van der Waals surface area contributed by atoms with E-state index in [1.807, 2.05) is 32.9 Å². The van der Waals surface area contributed by atoms with Crippen molar-refractivity contribution in [1.82, 2.24) is 4.98 Å². The van der Waals surface area contributed by atoms with Gasteiger partial charge in [0.05, 0.1) is 0 Å². The van der Waals surface area contributed by atoms with Crippen molar-refractivity contribution in [2.75, 3.05) is 9.74 Å². The number of carbonyl (C=O) groups is 1. The third-order valence-corrected chi connectivity index (χ3v) is 2.33. The number of aryl methyl sites for hydroxylation is 1. The van der Waals surface area contributed by atoms with Crippen molar-refractivity contribution in [3.8, 4) is 0 Å². The van der Waals surface area contributed by atoms with E-state index in [-0.39, 0.29) is 0 Å². The van der Waals surface area contributed by atoms with Gasteiger partial charge >= 0.3 is 6.09 Å². The van der Waals surface area contributed by atoms with E-state index in [2.05, 4.69) is 32.9 Å². The van der Waals surface area contributed by atoms with Crippen molar-refractivity contribution in [2.24, 2.45) is 0 Å². The number of alkyl halides is 1. The predicted molar refractivity (Wildman–Crippen MR) is 76.7 cm³/mol. The number of nitrogens with zero attached hydrogens (tertiary/aromatic N) is 1. The fourth-order valence-corrected chi connectivity index (χ4v) is 1.75. The standard InChI is InChI=1S/C12H17IN2O2/c1-12(2,3)17-11(16)15-10-6-4-5-9(14-10)7-8-13/h4-6H,7-8H2,1-3H3,(H,14,15,16). The topological polar surface area (TPSA) is 51.2 Å². The van der Waals surface area contributed by atoms with Crippen LogP contribution in [-0.4, -0.2) is 21.1 Å². The predicted octanol–water partition coefficient (Wildman–Crippen LogP) is 3.41. The Hall–Kier alpha value is -0.850. The van der Waals surface area contributed by atoms with Crippen LogP contribution < -0.4 is 5.32 Å². The first-order chi connectivity index (χ1) is 7.90. The average Bonchev–Trinajstić information content (AvgIpc) is 2.15. The smallest absolute Gasteiger partial charge is 0.413 e. The molecule has 0 aliphatic rings. The van der Waals surface area contributed by atoms with Crippen LogP contribution in [0.15, 0.2) is 18.2 Å². The van der Waals surface area contributed by atoms with Gasteiger partial charge in [0, 0.05) is 10.1 Å². The van der Waals surface area contributed by atoms with Gasteiger partial charge < -0.3 is 4.74 Å². The maximum Gasteiger partial charge on any atom is 0.413 e. The molecular formula is C12H17IN2O2. The number of aromatic nitrogens is 1. The van der Waals surface area contributed by atoms with Gasteiger partial charge in [0.2, 0.25) is 0 Å². The van der Waals surface area contributed by atoms with E-state index in [0.717, 1.165) is 16.5 Å². The van der Waals surface area contributed by atoms with E-state index in [9.17, 15) is 4.79 Å². The first-order valence-corrected chi connectivity index (χ1v) is 6.95. The van der Waals surface area contributed by atoms with E-state index in [1.165, 1.54) is 0 Å². The second-order valence-corrected chi connectivity index (χ2v) is 5.66. The quantitative estimate of drug-likeness (QED) is 0.673. The van der Waals surface area contributed by atoms with Crippen LogP contribution in [0.4, 0.5) is 10.6 Å². The molecule has 94 valence electrons. The molecule has 0 bridgehead atoms. The van der Waals surface area contributed by atoms with E-state index >= 15 is 0 Å². The Morgan fingerprint density at radius 2 is 2.18 bits per heavy atom. The van der Waals surface area contributed by atoms with Gasteiger partial charge in [-0.2, -0.15) is 0 Å². The van der Waals surface area contributed by atoms with Crippen molar-refractivity contribution in [3.63, 3.8) is 0 Å². The normalized spacial score (nSPS) is 11.1. The molecule has 1 amide bonds. The van der Waals surface area contributed by atoms with Crippen molar-refractivity contribution < 1.29 is 9.53 Å². The summed E-state index contributed by atoms with van der Waals surface area (Å²) in [6.45, 7) is 5.48. The van der Waals surface area contributed by atoms with E-state index < -0.39 is 11.7 Å². The van der Waals surface area contributed by atoms with E-state index in [0.29, 0.717) is 5.82 Å². The highest BCUT2D eigenvalue weighted by atomic mass is 127. The number of ether oxygens (including phenoxy) is 1. The maximum absolute atomic E-state index is 11.5. The molecule has 17 heavy (non-hydrogen) atoms. The summed E-state index contributed by atoms with van der Waals surface area (Å²) in [5, 5.41) is 2.62. The molecule has 4 nitrogen and oxygen atoms in total. The van der Waals surface area contributed by atoms with Gasteiger partial charge in [-0.05, 0) is 39.3 Å². The molecule has 0 aliphatic heterocycles. The third kappa shape index (κ3) is 5.86. The van der Waals surface area contributed by atoms with E-state index in [1.54, 1.807) is 6.07 Å². The zero-order chi connectivity index (χ0) is 12.9. The summed E-state index contributed by atoms with van der Waals surface area (Å²) in [6.07, 6.45) is 0.418. The van der Waals surface area contributed by atoms with Gasteiger partial charge in [-0.1, -0.05) is 28.7 Å². The Kier molecular flexibility index (Phi) is 5.17. The number of anilines is 1. The summed E-state index contributed by atoms with van der Waals surface area (Å²) in [4.78, 5) is 15.8. The lowest BCUT2D eigenvalue weighted by Gasteiger charge is -2.19. The molecule has 1 N–H and O–H groups in total. The molecule has 0 atom stereocenters. The summed E-state index contributed by atoms with van der Waals surface area (Å²) in [7, 11) is 0. The zero-order valence-corrected chi connectivity index (χ0v) is 12.4. The molecule has 0 fully saturated rings. The molecule has 0 aliphatic carbocycles. The Morgan fingerprint density at radius 1 is 1.47 bits per heavy atom. The molecule has 0 saturated carbocycles. The van der Waals surface area contributed by atoms with Gasteiger partial charge in [-0.25, -0.2) is 9.78 Å². The molecule has 0 spiro atoms. The van der Waals surface area contributed by atoms with Gasteiger partial charge in [0.25, 0.3) is 0 Å².